The average molecular weight is 326 g/mol. The Morgan fingerprint density at radius 3 is 2.75 bits per heavy atom. The van der Waals surface area contributed by atoms with Crippen LogP contribution < -0.4 is 14.9 Å². The minimum absolute atomic E-state index is 0.174. The van der Waals surface area contributed by atoms with E-state index < -0.39 is 6.09 Å². The second kappa shape index (κ2) is 5.53. The molecule has 1 unspecified atom stereocenters. The van der Waals surface area contributed by atoms with Gasteiger partial charge in [0.25, 0.3) is 0 Å². The minimum atomic E-state index is -1.24. The summed E-state index contributed by atoms with van der Waals surface area (Å²) in [6, 6.07) is 9.95. The maximum absolute atomic E-state index is 10.9. The number of carbonyl (C=O) groups excluding carboxylic acids is 1. The second-order valence-electron chi connectivity index (χ2n) is 7.47. The van der Waals surface area contributed by atoms with Crippen molar-refractivity contribution in [2.75, 3.05) is 13.1 Å². The number of carboxylic acid groups (broad SMARTS) is 1. The molecule has 126 valence electrons. The van der Waals surface area contributed by atoms with Gasteiger partial charge in [-0.05, 0) is 26.8 Å². The molecule has 6 heteroatoms. The lowest BCUT2D eigenvalue weighted by molar-refractivity contribution is -0.251. The summed E-state index contributed by atoms with van der Waals surface area (Å²) in [4.78, 5) is 14.4. The van der Waals surface area contributed by atoms with Crippen LogP contribution in [0.25, 0.3) is 10.9 Å². The van der Waals surface area contributed by atoms with Crippen LogP contribution in [0.1, 0.15) is 32.8 Å². The number of carbonyl (C=O) groups is 1. The Labute approximate surface area is 141 Å². The Morgan fingerprint density at radius 2 is 2.12 bits per heavy atom. The zero-order chi connectivity index (χ0) is 17.5. The first kappa shape index (κ1) is 16.3. The Hall–Kier alpha value is -2.52. The molecule has 6 nitrogen and oxygen atoms in total. The third-order valence-corrected chi connectivity index (χ3v) is 5.22. The van der Waals surface area contributed by atoms with Crippen molar-refractivity contribution in [3.63, 3.8) is 0 Å². The number of hydrogen-bond donors (Lipinski definition) is 2. The van der Waals surface area contributed by atoms with Crippen molar-refractivity contribution in [1.29, 1.82) is 5.26 Å². The quantitative estimate of drug-likeness (QED) is 0.825. The molecule has 1 fully saturated rings. The summed E-state index contributed by atoms with van der Waals surface area (Å²) in [5.41, 5.74) is 1.39. The molecule has 0 bridgehead atoms. The fourth-order valence-electron chi connectivity index (χ4n) is 3.93. The number of nitriles is 1. The van der Waals surface area contributed by atoms with Gasteiger partial charge in [0.2, 0.25) is 5.82 Å². The third kappa shape index (κ3) is 2.42. The highest BCUT2D eigenvalue weighted by Crippen LogP contribution is 2.41. The second-order valence-corrected chi connectivity index (χ2v) is 7.47. The number of rotatable bonds is 2. The lowest BCUT2D eigenvalue weighted by atomic mass is 10.0. The molecule has 0 saturated carbocycles. The standard InChI is InChI=1S/C18H22N4O2/c1-18(2,3)22(9-8-12(11-22)20-17(23)24)16-14(10-19)13-6-4-5-7-15(13)21-16/h4-7,12,20-21H,8-9,11H2,1-3H3/t12-,22?/m0/s1. The Balaban J connectivity index is 2.16. The number of para-hydroxylation sites is 1. The van der Waals surface area contributed by atoms with Gasteiger partial charge in [-0.3, -0.25) is 4.48 Å². The first-order valence-electron chi connectivity index (χ1n) is 8.14. The zero-order valence-electron chi connectivity index (χ0n) is 14.2. The maximum Gasteiger partial charge on any atom is 0.225 e. The molecule has 2 aromatic rings. The van der Waals surface area contributed by atoms with Crippen LogP contribution in [0.4, 0.5) is 10.6 Å². The lowest BCUT2D eigenvalue weighted by Gasteiger charge is -2.44. The molecule has 3 rings (SSSR count). The van der Waals surface area contributed by atoms with Crippen LogP contribution in [0.5, 0.6) is 0 Å². The minimum Gasteiger partial charge on any atom is -0.530 e. The molecule has 0 radical (unpaired) electrons. The number of amides is 1. The number of nitrogens with zero attached hydrogens (tertiary/aromatic N) is 2. The number of fused-ring (bicyclic) bond motifs is 1. The van der Waals surface area contributed by atoms with Gasteiger partial charge in [-0.2, -0.15) is 5.26 Å². The monoisotopic (exact) mass is 326 g/mol. The van der Waals surface area contributed by atoms with Gasteiger partial charge in [0.15, 0.2) is 0 Å². The number of nitrogens with one attached hydrogen (secondary N) is 2. The van der Waals surface area contributed by atoms with Crippen LogP contribution in [-0.2, 0) is 0 Å². The fourth-order valence-corrected chi connectivity index (χ4v) is 3.93. The van der Waals surface area contributed by atoms with E-state index >= 15 is 0 Å². The van der Waals surface area contributed by atoms with Crippen molar-refractivity contribution in [3.8, 4) is 6.07 Å². The highest BCUT2D eigenvalue weighted by Gasteiger charge is 2.51. The van der Waals surface area contributed by atoms with E-state index in [0.29, 0.717) is 23.0 Å². The molecule has 1 saturated heterocycles. The lowest BCUT2D eigenvalue weighted by Crippen LogP contribution is -2.62. The van der Waals surface area contributed by atoms with E-state index in [1.54, 1.807) is 0 Å². The predicted molar refractivity (Wildman–Crippen MR) is 91.2 cm³/mol. The molecule has 2 atom stereocenters. The summed E-state index contributed by atoms with van der Waals surface area (Å²) in [6.07, 6.45) is -0.531. The molecular weight excluding hydrogens is 304 g/mol. The largest absolute Gasteiger partial charge is 0.530 e. The Morgan fingerprint density at radius 1 is 1.42 bits per heavy atom. The Bertz CT molecular complexity index is 828. The van der Waals surface area contributed by atoms with Gasteiger partial charge >= 0.3 is 0 Å². The molecule has 1 aromatic carbocycles. The molecule has 0 aliphatic carbocycles. The SMILES string of the molecule is CC(C)(C)[N+]1(c2[nH]c3ccccc3c2C#N)CC[C@H](NC(=O)[O-])C1. The van der Waals surface area contributed by atoms with E-state index in [9.17, 15) is 15.2 Å². The van der Waals surface area contributed by atoms with Gasteiger partial charge in [0.1, 0.15) is 24.3 Å². The van der Waals surface area contributed by atoms with Gasteiger partial charge < -0.3 is 20.2 Å². The number of aromatic amines is 1. The van der Waals surface area contributed by atoms with Crippen molar-refractivity contribution >= 4 is 22.8 Å². The molecule has 1 amide bonds. The highest BCUT2D eigenvalue weighted by molar-refractivity contribution is 5.91. The predicted octanol–water partition coefficient (Wildman–Crippen LogP) is 1.85. The van der Waals surface area contributed by atoms with Crippen molar-refractivity contribution in [1.82, 2.24) is 14.8 Å². The normalized spacial score (nSPS) is 24.0. The van der Waals surface area contributed by atoms with Crippen LogP contribution in [0, 0.1) is 11.3 Å². The van der Waals surface area contributed by atoms with E-state index in [-0.39, 0.29) is 11.6 Å². The van der Waals surface area contributed by atoms with Gasteiger partial charge in [0.05, 0.1) is 23.6 Å². The molecule has 24 heavy (non-hydrogen) atoms. The summed E-state index contributed by atoms with van der Waals surface area (Å²) >= 11 is 0. The summed E-state index contributed by atoms with van der Waals surface area (Å²) in [7, 11) is 0. The highest BCUT2D eigenvalue weighted by atomic mass is 16.4. The van der Waals surface area contributed by atoms with Crippen LogP contribution in [-0.4, -0.2) is 35.7 Å². The van der Waals surface area contributed by atoms with E-state index in [0.717, 1.165) is 23.3 Å². The number of quaternary nitrogens is 1. The van der Waals surface area contributed by atoms with E-state index in [1.807, 2.05) is 24.3 Å². The number of hydrogen-bond acceptors (Lipinski definition) is 3. The van der Waals surface area contributed by atoms with Crippen molar-refractivity contribution < 1.29 is 9.90 Å². The van der Waals surface area contributed by atoms with Gasteiger partial charge in [-0.15, -0.1) is 0 Å². The van der Waals surface area contributed by atoms with Gasteiger partial charge in [-0.25, -0.2) is 0 Å². The fraction of sp³-hybridized carbons (Fsp3) is 0.444. The summed E-state index contributed by atoms with van der Waals surface area (Å²) in [5.74, 6) is 0.869. The summed E-state index contributed by atoms with van der Waals surface area (Å²) in [5, 5.41) is 24.1. The van der Waals surface area contributed by atoms with Crippen molar-refractivity contribution in [2.45, 2.75) is 38.8 Å². The summed E-state index contributed by atoms with van der Waals surface area (Å²) in [6.45, 7) is 7.73. The van der Waals surface area contributed by atoms with Crippen molar-refractivity contribution in [3.05, 3.63) is 29.8 Å². The molecule has 1 aliphatic rings. The summed E-state index contributed by atoms with van der Waals surface area (Å²) < 4.78 is 0.537. The number of benzene rings is 1. The first-order valence-corrected chi connectivity index (χ1v) is 8.14. The molecule has 2 N–H and O–H groups in total. The van der Waals surface area contributed by atoms with Gasteiger partial charge in [0, 0.05) is 11.8 Å². The first-order chi connectivity index (χ1) is 11.3. The number of H-pyrrole nitrogens is 1. The van der Waals surface area contributed by atoms with E-state index in [2.05, 4.69) is 37.1 Å². The Kier molecular flexibility index (Phi) is 3.77. The van der Waals surface area contributed by atoms with Crippen LogP contribution in [0.3, 0.4) is 0 Å². The van der Waals surface area contributed by atoms with Crippen LogP contribution >= 0.6 is 0 Å². The third-order valence-electron chi connectivity index (χ3n) is 5.22. The van der Waals surface area contributed by atoms with Gasteiger partial charge in [-0.1, -0.05) is 18.2 Å². The molecule has 1 aromatic heterocycles. The molecule has 1 aliphatic heterocycles. The number of aromatic nitrogens is 1. The number of likely N-dealkylation sites (tertiary alicyclic amines) is 1. The van der Waals surface area contributed by atoms with Crippen molar-refractivity contribution in [2.24, 2.45) is 0 Å². The maximum atomic E-state index is 10.9. The smallest absolute Gasteiger partial charge is 0.225 e. The van der Waals surface area contributed by atoms with Crippen LogP contribution in [0.2, 0.25) is 0 Å². The average Bonchev–Trinajstić information content (AvgIpc) is 3.07. The zero-order valence-corrected chi connectivity index (χ0v) is 14.2. The molecular formula is C18H22N4O2. The van der Waals surface area contributed by atoms with E-state index in [4.69, 9.17) is 0 Å². The topological polar surface area (TPSA) is 91.7 Å². The van der Waals surface area contributed by atoms with E-state index in [1.165, 1.54) is 0 Å². The van der Waals surface area contributed by atoms with Crippen LogP contribution in [0.15, 0.2) is 24.3 Å². The molecule has 2 heterocycles. The molecule has 0 spiro atoms.